The molecule has 10 rings (SSSR count). The van der Waals surface area contributed by atoms with Crippen LogP contribution in [0.15, 0.2) is 59.4 Å². The highest BCUT2D eigenvalue weighted by Crippen LogP contribution is 2.62. The Labute approximate surface area is 394 Å². The molecule has 1 aromatic heterocycles. The maximum atomic E-state index is 16.4. The fraction of sp³-hybridized carbons (Fsp3) is 0.529. The molecule has 3 saturated heterocycles. The van der Waals surface area contributed by atoms with Crippen LogP contribution in [0.3, 0.4) is 0 Å². The largest absolute Gasteiger partial charge is 0.352 e. The summed E-state index contributed by atoms with van der Waals surface area (Å²) in [5, 5.41) is 12.5. The number of halogens is 2. The van der Waals surface area contributed by atoms with Gasteiger partial charge in [0.05, 0.1) is 22.1 Å². The van der Waals surface area contributed by atoms with Crippen molar-refractivity contribution in [2.24, 2.45) is 13.0 Å². The molecular formula is C51H60ClFN8O6. The van der Waals surface area contributed by atoms with Gasteiger partial charge < -0.3 is 15.5 Å². The van der Waals surface area contributed by atoms with Crippen molar-refractivity contribution < 1.29 is 28.4 Å². The van der Waals surface area contributed by atoms with Gasteiger partial charge in [0, 0.05) is 68.8 Å². The Hall–Kier alpha value is -5.38. The predicted molar refractivity (Wildman–Crippen MR) is 252 cm³/mol. The Morgan fingerprint density at radius 2 is 1.64 bits per heavy atom. The molecule has 0 radical (unpaired) electrons. The number of hydrogen-bond acceptors (Lipinski definition) is 8. The summed E-state index contributed by atoms with van der Waals surface area (Å²) in [7, 11) is 1.71. The number of piperazine rings is 1. The molecule has 354 valence electrons. The van der Waals surface area contributed by atoms with Gasteiger partial charge in [-0.25, -0.2) is 9.18 Å². The second-order valence-corrected chi connectivity index (χ2v) is 20.4. The first-order valence-electron chi connectivity index (χ1n) is 24.3. The van der Waals surface area contributed by atoms with Crippen molar-refractivity contribution >= 4 is 57.9 Å². The van der Waals surface area contributed by atoms with E-state index in [0.29, 0.717) is 69.2 Å². The molecule has 6 aliphatic rings. The number of carbonyl (C=O) groups excluding carboxylic acids is 5. The topological polar surface area (TPSA) is 167 Å². The van der Waals surface area contributed by atoms with E-state index in [1.165, 1.54) is 10.6 Å². The molecule has 5 amide bonds. The fourth-order valence-electron chi connectivity index (χ4n) is 12.9. The van der Waals surface area contributed by atoms with E-state index in [2.05, 4.69) is 26.2 Å². The number of benzene rings is 3. The monoisotopic (exact) mass is 934 g/mol. The molecule has 14 nitrogen and oxygen atoms in total. The molecule has 2 spiro atoms. The zero-order chi connectivity index (χ0) is 46.8. The molecular weight excluding hydrogens is 875 g/mol. The minimum Gasteiger partial charge on any atom is -0.352 e. The number of rotatable bonds is 9. The maximum absolute atomic E-state index is 16.4. The minimum absolute atomic E-state index is 0.0493. The molecule has 0 bridgehead atoms. The maximum Gasteiger partial charge on any atom is 0.329 e. The standard InChI is InChI=1S/C51H60ClFN8O6/c1-30-11-17-35-37(28-30)55-48(66)51(35)42(34-9-6-10-36(52)43(34)53)44(57-50(51)21-4-3-5-22-50)46(64)54-33-15-13-32(14-16-33)47(65)60-26-24-59(25-27-60)23-7-8-31-12-18-38-40(29-31)58(2)49(67)61(38)39-19-20-41(62)56-45(39)63/h6,9-12,17-18,28-29,32-33,39,42,44,57H,3-5,7-8,13-16,19-27H2,1-2H3,(H,54,64)(H,55,66)(H,56,62,63)/t32?,33?,39?,42-,44+,51+/m0/s1. The van der Waals surface area contributed by atoms with Crippen LogP contribution in [0.25, 0.3) is 11.0 Å². The molecule has 4 N–H and O–H groups in total. The van der Waals surface area contributed by atoms with Gasteiger partial charge in [0.15, 0.2) is 0 Å². The van der Waals surface area contributed by atoms with Crippen LogP contribution in [0.5, 0.6) is 0 Å². The number of piperidine rings is 1. The smallest absolute Gasteiger partial charge is 0.329 e. The average Bonchev–Trinajstić information content (AvgIpc) is 3.87. The van der Waals surface area contributed by atoms with Crippen molar-refractivity contribution in [2.45, 2.75) is 125 Å². The highest BCUT2D eigenvalue weighted by Gasteiger charge is 2.72. The molecule has 4 aliphatic heterocycles. The second kappa shape index (κ2) is 17.9. The SMILES string of the molecule is Cc1ccc2c(c1)NC(=O)[C@]21[C@@H](c2cccc(Cl)c2F)[C@H](C(=O)NC2CCC(C(=O)N3CCN(CCCc4ccc5c(c4)n(C)c(=O)n5C4CCC(=O)NC4=O)CC3)CC2)NC12CCCCC2. The number of aryl methyl sites for hydroxylation is 3. The molecule has 3 aromatic carbocycles. The van der Waals surface area contributed by atoms with Crippen LogP contribution < -0.4 is 27.0 Å². The molecule has 2 aliphatic carbocycles. The molecule has 67 heavy (non-hydrogen) atoms. The van der Waals surface area contributed by atoms with Crippen LogP contribution in [0.4, 0.5) is 10.1 Å². The summed E-state index contributed by atoms with van der Waals surface area (Å²) in [6.45, 7) is 5.74. The van der Waals surface area contributed by atoms with Gasteiger partial charge in [0.2, 0.25) is 29.5 Å². The van der Waals surface area contributed by atoms with Crippen molar-refractivity contribution in [2.75, 3.05) is 38.0 Å². The Kier molecular flexibility index (Phi) is 12.2. The lowest BCUT2D eigenvalue weighted by atomic mass is 9.55. The first-order chi connectivity index (χ1) is 32.3. The quantitative estimate of drug-likeness (QED) is 0.159. The lowest BCUT2D eigenvalue weighted by molar-refractivity contribution is -0.139. The number of amides is 5. The Morgan fingerprint density at radius 1 is 0.881 bits per heavy atom. The molecule has 4 atom stereocenters. The molecule has 1 unspecified atom stereocenters. The molecule has 5 heterocycles. The summed E-state index contributed by atoms with van der Waals surface area (Å²) in [6.07, 6.45) is 8.93. The summed E-state index contributed by atoms with van der Waals surface area (Å²) in [5.74, 6) is -2.67. The average molecular weight is 936 g/mol. The Morgan fingerprint density at radius 3 is 2.39 bits per heavy atom. The van der Waals surface area contributed by atoms with Gasteiger partial charge in [-0.3, -0.25) is 48.6 Å². The van der Waals surface area contributed by atoms with E-state index in [1.54, 1.807) is 23.7 Å². The number of nitrogens with one attached hydrogen (secondary N) is 4. The summed E-state index contributed by atoms with van der Waals surface area (Å²) in [6, 6.07) is 14.9. The Bertz CT molecular complexity index is 2710. The first kappa shape index (κ1) is 45.4. The normalized spacial score (nSPS) is 27.4. The van der Waals surface area contributed by atoms with Crippen molar-refractivity contribution in [1.29, 1.82) is 0 Å². The number of imide groups is 1. The van der Waals surface area contributed by atoms with E-state index in [9.17, 15) is 28.8 Å². The number of hydrogen-bond donors (Lipinski definition) is 4. The third-order valence-electron chi connectivity index (χ3n) is 16.2. The van der Waals surface area contributed by atoms with Crippen LogP contribution in [0.2, 0.25) is 5.02 Å². The third-order valence-corrected chi connectivity index (χ3v) is 16.5. The van der Waals surface area contributed by atoms with Gasteiger partial charge in [0.25, 0.3) is 0 Å². The fourth-order valence-corrected chi connectivity index (χ4v) is 13.1. The van der Waals surface area contributed by atoms with Crippen LogP contribution in [0, 0.1) is 18.7 Å². The molecule has 16 heteroatoms. The first-order valence-corrected chi connectivity index (χ1v) is 24.7. The summed E-state index contributed by atoms with van der Waals surface area (Å²) in [5.41, 5.74) is 2.97. The van der Waals surface area contributed by atoms with Crippen LogP contribution in [-0.2, 0) is 42.9 Å². The van der Waals surface area contributed by atoms with E-state index < -0.39 is 40.7 Å². The molecule has 5 fully saturated rings. The number of carbonyl (C=O) groups is 5. The number of nitrogens with zero attached hydrogens (tertiary/aromatic N) is 4. The summed E-state index contributed by atoms with van der Waals surface area (Å²) < 4.78 is 19.4. The van der Waals surface area contributed by atoms with Crippen molar-refractivity contribution in [3.05, 3.63) is 98.2 Å². The van der Waals surface area contributed by atoms with Gasteiger partial charge >= 0.3 is 5.69 Å². The van der Waals surface area contributed by atoms with E-state index >= 15 is 4.39 Å². The highest BCUT2D eigenvalue weighted by molar-refractivity contribution is 6.30. The molecule has 2 saturated carbocycles. The van der Waals surface area contributed by atoms with E-state index in [4.69, 9.17) is 11.6 Å². The summed E-state index contributed by atoms with van der Waals surface area (Å²) >= 11 is 6.44. The van der Waals surface area contributed by atoms with E-state index in [1.807, 2.05) is 48.2 Å². The number of fused-ring (bicyclic) bond motifs is 4. The zero-order valence-corrected chi connectivity index (χ0v) is 39.1. The van der Waals surface area contributed by atoms with Gasteiger partial charge in [-0.2, -0.15) is 0 Å². The number of aromatic nitrogens is 2. The number of anilines is 1. The van der Waals surface area contributed by atoms with Gasteiger partial charge in [-0.1, -0.05) is 61.2 Å². The molecule has 4 aromatic rings. The van der Waals surface area contributed by atoms with Gasteiger partial charge in [-0.05, 0) is 118 Å². The lowest BCUT2D eigenvalue weighted by Crippen LogP contribution is -2.60. The predicted octanol–water partition coefficient (Wildman–Crippen LogP) is 5.52. The van der Waals surface area contributed by atoms with Crippen LogP contribution in [0.1, 0.15) is 111 Å². The van der Waals surface area contributed by atoms with Crippen molar-refractivity contribution in [3.8, 4) is 0 Å². The summed E-state index contributed by atoms with van der Waals surface area (Å²) in [4.78, 5) is 85.3. The minimum atomic E-state index is -1.24. The van der Waals surface area contributed by atoms with Crippen molar-refractivity contribution in [3.63, 3.8) is 0 Å². The van der Waals surface area contributed by atoms with Crippen LogP contribution >= 0.6 is 11.6 Å². The third kappa shape index (κ3) is 7.78. The zero-order valence-electron chi connectivity index (χ0n) is 38.3. The van der Waals surface area contributed by atoms with Gasteiger partial charge in [0.1, 0.15) is 17.3 Å². The van der Waals surface area contributed by atoms with E-state index in [0.717, 1.165) is 73.9 Å². The van der Waals surface area contributed by atoms with Crippen LogP contribution in [-0.4, -0.2) is 98.8 Å². The second-order valence-electron chi connectivity index (χ2n) is 20.0. The van der Waals surface area contributed by atoms with Gasteiger partial charge in [-0.15, -0.1) is 0 Å². The lowest BCUT2D eigenvalue weighted by Gasteiger charge is -2.47. The number of imidazole rings is 1. The Balaban J connectivity index is 0.750. The van der Waals surface area contributed by atoms with Crippen molar-refractivity contribution in [1.82, 2.24) is 34.9 Å². The van der Waals surface area contributed by atoms with E-state index in [-0.39, 0.29) is 58.3 Å². The highest BCUT2D eigenvalue weighted by atomic mass is 35.5.